The number of nitrogens with zero attached hydrogens (tertiary/aromatic N) is 2. The number of thioether (sulfide) groups is 1. The summed E-state index contributed by atoms with van der Waals surface area (Å²) in [6.45, 7) is 4.21. The van der Waals surface area contributed by atoms with E-state index in [0.29, 0.717) is 35.2 Å². The molecule has 3 aliphatic rings. The summed E-state index contributed by atoms with van der Waals surface area (Å²) in [4.78, 5) is 31.6. The van der Waals surface area contributed by atoms with Gasteiger partial charge in [-0.1, -0.05) is 36.4 Å². The van der Waals surface area contributed by atoms with Gasteiger partial charge in [0.15, 0.2) is 11.5 Å². The van der Waals surface area contributed by atoms with Crippen LogP contribution in [0.1, 0.15) is 50.2 Å². The lowest BCUT2D eigenvalue weighted by Crippen LogP contribution is -2.53. The molecular formula is C32H40N2O4S. The maximum atomic E-state index is 13.5. The van der Waals surface area contributed by atoms with Crippen LogP contribution in [0.4, 0.5) is 0 Å². The van der Waals surface area contributed by atoms with E-state index in [-0.39, 0.29) is 17.9 Å². The zero-order valence-corrected chi connectivity index (χ0v) is 24.1. The number of likely N-dealkylation sites (N-methyl/N-ethyl adjacent to an activating group) is 1. The number of likely N-dealkylation sites (tertiary alicyclic amines) is 1. The van der Waals surface area contributed by atoms with Crippen molar-refractivity contribution in [1.82, 2.24) is 9.80 Å². The third-order valence-corrected chi connectivity index (χ3v) is 9.89. The Morgan fingerprint density at radius 2 is 1.82 bits per heavy atom. The van der Waals surface area contributed by atoms with Crippen LogP contribution in [-0.4, -0.2) is 66.8 Å². The lowest BCUT2D eigenvalue weighted by Gasteiger charge is -2.45. The van der Waals surface area contributed by atoms with Crippen molar-refractivity contribution in [3.05, 3.63) is 64.6 Å². The molecule has 2 saturated heterocycles. The number of methoxy groups -OCH3 is 1. The summed E-state index contributed by atoms with van der Waals surface area (Å²) in [6, 6.07) is 16.5. The highest BCUT2D eigenvalue weighted by Crippen LogP contribution is 2.44. The van der Waals surface area contributed by atoms with Gasteiger partial charge in [0.25, 0.3) is 5.91 Å². The quantitative estimate of drug-likeness (QED) is 0.418. The van der Waals surface area contributed by atoms with E-state index in [2.05, 4.69) is 35.2 Å². The predicted octanol–water partition coefficient (Wildman–Crippen LogP) is 5.66. The van der Waals surface area contributed by atoms with Crippen LogP contribution >= 0.6 is 11.8 Å². The normalized spacial score (nSPS) is 24.9. The number of piperidine rings is 1. The molecule has 0 radical (unpaired) electrons. The van der Waals surface area contributed by atoms with Gasteiger partial charge < -0.3 is 19.3 Å². The van der Waals surface area contributed by atoms with Crippen molar-refractivity contribution >= 4 is 29.7 Å². The zero-order valence-electron chi connectivity index (χ0n) is 23.3. The molecule has 6 nitrogen and oxygen atoms in total. The standard InChI is InChI=1S/C32H40N2O4S/c1-4-38-27-12-10-24(19-28(27)37-3)20-30-32(36)33(2)26-21-25(11-13-29(26)39-30)31(35)34-16-14-23(15-17-34)18-22-8-6-5-7-9-22/h5-10,12,19-20,23,25-26,29H,4,11,13-18,21H2,1-3H3/b30-20+. The van der Waals surface area contributed by atoms with Gasteiger partial charge in [0.05, 0.1) is 18.6 Å². The Bertz CT molecular complexity index is 1190. The Balaban J connectivity index is 1.18. The molecule has 3 unspecified atom stereocenters. The largest absolute Gasteiger partial charge is 0.493 e. The van der Waals surface area contributed by atoms with Crippen LogP contribution < -0.4 is 9.47 Å². The van der Waals surface area contributed by atoms with Gasteiger partial charge in [-0.3, -0.25) is 9.59 Å². The van der Waals surface area contributed by atoms with Crippen LogP contribution in [0, 0.1) is 11.8 Å². The van der Waals surface area contributed by atoms with Crippen molar-refractivity contribution in [3.8, 4) is 11.5 Å². The minimum absolute atomic E-state index is 0.00803. The lowest BCUT2D eigenvalue weighted by molar-refractivity contribution is -0.140. The Kier molecular flexibility index (Phi) is 8.85. The molecule has 208 valence electrons. The maximum absolute atomic E-state index is 13.5. The second-order valence-corrected chi connectivity index (χ2v) is 12.2. The Labute approximate surface area is 236 Å². The summed E-state index contributed by atoms with van der Waals surface area (Å²) < 4.78 is 11.1. The van der Waals surface area contributed by atoms with E-state index in [0.717, 1.165) is 62.1 Å². The van der Waals surface area contributed by atoms with Crippen LogP contribution in [0.3, 0.4) is 0 Å². The SMILES string of the molecule is CCOc1ccc(/C=C2/SC3CCC(C(=O)N4CCC(Cc5ccccc5)CC4)CC3N(C)C2=O)cc1OC. The van der Waals surface area contributed by atoms with Crippen LogP contribution in [0.25, 0.3) is 6.08 Å². The molecule has 2 aromatic rings. The molecule has 3 atom stereocenters. The topological polar surface area (TPSA) is 59.1 Å². The minimum Gasteiger partial charge on any atom is -0.493 e. The number of amides is 2. The monoisotopic (exact) mass is 548 g/mol. The molecule has 39 heavy (non-hydrogen) atoms. The van der Waals surface area contributed by atoms with Crippen LogP contribution in [-0.2, 0) is 16.0 Å². The Morgan fingerprint density at radius 1 is 1.05 bits per heavy atom. The fourth-order valence-electron chi connectivity index (χ4n) is 6.29. The van der Waals surface area contributed by atoms with Gasteiger partial charge in [0.2, 0.25) is 5.91 Å². The van der Waals surface area contributed by atoms with Crippen molar-refractivity contribution in [3.63, 3.8) is 0 Å². The van der Waals surface area contributed by atoms with E-state index in [9.17, 15) is 9.59 Å². The molecule has 0 aromatic heterocycles. The van der Waals surface area contributed by atoms with Crippen LogP contribution in [0.15, 0.2) is 53.4 Å². The highest BCUT2D eigenvalue weighted by atomic mass is 32.2. The van der Waals surface area contributed by atoms with E-state index >= 15 is 0 Å². The molecule has 7 heteroatoms. The summed E-state index contributed by atoms with van der Waals surface area (Å²) >= 11 is 1.67. The highest BCUT2D eigenvalue weighted by molar-refractivity contribution is 8.04. The summed E-state index contributed by atoms with van der Waals surface area (Å²) in [5.41, 5.74) is 2.30. The van der Waals surface area contributed by atoms with Crippen molar-refractivity contribution in [2.24, 2.45) is 11.8 Å². The third-order valence-electron chi connectivity index (χ3n) is 8.49. The number of fused-ring (bicyclic) bond motifs is 1. The molecule has 0 spiro atoms. The summed E-state index contributed by atoms with van der Waals surface area (Å²) in [7, 11) is 3.52. The van der Waals surface area contributed by atoms with E-state index in [1.54, 1.807) is 18.9 Å². The van der Waals surface area contributed by atoms with Crippen LogP contribution in [0.5, 0.6) is 11.5 Å². The second-order valence-electron chi connectivity index (χ2n) is 11.0. The van der Waals surface area contributed by atoms with Crippen molar-refractivity contribution in [2.75, 3.05) is 33.9 Å². The summed E-state index contributed by atoms with van der Waals surface area (Å²) in [5.74, 6) is 2.34. The Hall–Kier alpha value is -2.93. The maximum Gasteiger partial charge on any atom is 0.260 e. The van der Waals surface area contributed by atoms with Crippen molar-refractivity contribution in [1.29, 1.82) is 0 Å². The molecule has 2 aliphatic heterocycles. The average molecular weight is 549 g/mol. The van der Waals surface area contributed by atoms with E-state index in [1.165, 1.54) is 5.56 Å². The minimum atomic E-state index is 0.00803. The molecule has 0 bridgehead atoms. The van der Waals surface area contributed by atoms with E-state index < -0.39 is 0 Å². The first-order valence-corrected chi connectivity index (χ1v) is 15.1. The number of benzene rings is 2. The first-order valence-electron chi connectivity index (χ1n) is 14.3. The first-order chi connectivity index (χ1) is 19.0. The fourth-order valence-corrected chi connectivity index (χ4v) is 7.76. The molecule has 2 heterocycles. The summed E-state index contributed by atoms with van der Waals surface area (Å²) in [5, 5.41) is 0.309. The number of ether oxygens (including phenoxy) is 2. The van der Waals surface area contributed by atoms with Gasteiger partial charge >= 0.3 is 0 Å². The molecule has 5 rings (SSSR count). The molecule has 0 N–H and O–H groups in total. The van der Waals surface area contributed by atoms with Gasteiger partial charge in [0.1, 0.15) is 0 Å². The first kappa shape index (κ1) is 27.6. The van der Waals surface area contributed by atoms with Gasteiger partial charge in [-0.25, -0.2) is 0 Å². The molecule has 1 saturated carbocycles. The second kappa shape index (κ2) is 12.5. The number of hydrogen-bond acceptors (Lipinski definition) is 5. The zero-order chi connectivity index (χ0) is 27.4. The van der Waals surface area contributed by atoms with E-state index in [4.69, 9.17) is 9.47 Å². The van der Waals surface area contributed by atoms with Crippen molar-refractivity contribution in [2.45, 2.75) is 56.7 Å². The fraction of sp³-hybridized carbons (Fsp3) is 0.500. The predicted molar refractivity (Wildman–Crippen MR) is 157 cm³/mol. The molecule has 3 fully saturated rings. The van der Waals surface area contributed by atoms with Crippen molar-refractivity contribution < 1.29 is 19.1 Å². The molecule has 1 aliphatic carbocycles. The number of carbonyl (C=O) groups is 2. The smallest absolute Gasteiger partial charge is 0.260 e. The third kappa shape index (κ3) is 6.29. The molecule has 2 aromatic carbocycles. The highest BCUT2D eigenvalue weighted by Gasteiger charge is 2.43. The Morgan fingerprint density at radius 3 is 2.54 bits per heavy atom. The van der Waals surface area contributed by atoms with Crippen LogP contribution in [0.2, 0.25) is 0 Å². The van der Waals surface area contributed by atoms with Gasteiger partial charge in [-0.15, -0.1) is 11.8 Å². The van der Waals surface area contributed by atoms with Gasteiger partial charge in [-0.05, 0) is 80.7 Å². The van der Waals surface area contributed by atoms with E-state index in [1.807, 2.05) is 43.1 Å². The van der Waals surface area contributed by atoms with Gasteiger partial charge in [0, 0.05) is 37.3 Å². The van der Waals surface area contributed by atoms with Gasteiger partial charge in [-0.2, -0.15) is 0 Å². The average Bonchev–Trinajstić information content (AvgIpc) is 2.97. The molecule has 2 amide bonds. The lowest BCUT2D eigenvalue weighted by atomic mass is 9.82. The molecular weight excluding hydrogens is 508 g/mol. The number of hydrogen-bond donors (Lipinski definition) is 0. The number of carbonyl (C=O) groups excluding carboxylic acids is 2. The summed E-state index contributed by atoms with van der Waals surface area (Å²) in [6.07, 6.45) is 7.78. The number of rotatable bonds is 7.